The molecule has 1 saturated heterocycles. The fraction of sp³-hybridized carbons (Fsp3) is 0.167. The summed E-state index contributed by atoms with van der Waals surface area (Å²) in [7, 11) is 0. The lowest BCUT2D eigenvalue weighted by Gasteiger charge is -2.19. The van der Waals surface area contributed by atoms with Gasteiger partial charge in [0.05, 0.1) is 16.0 Å². The summed E-state index contributed by atoms with van der Waals surface area (Å²) in [6.45, 7) is 1.76. The van der Waals surface area contributed by atoms with Crippen LogP contribution in [-0.4, -0.2) is 27.8 Å². The number of aromatic nitrogens is 2. The first-order valence-electron chi connectivity index (χ1n) is 10.3. The number of benzene rings is 3. The minimum absolute atomic E-state index is 0.158. The van der Waals surface area contributed by atoms with E-state index in [2.05, 4.69) is 10.00 Å². The first-order valence-corrected chi connectivity index (χ1v) is 10.7. The van der Waals surface area contributed by atoms with Crippen molar-refractivity contribution in [2.75, 3.05) is 18.0 Å². The fourth-order valence-corrected chi connectivity index (χ4v) is 4.31. The number of fused-ring (bicyclic) bond motifs is 1. The van der Waals surface area contributed by atoms with Crippen LogP contribution in [0.4, 0.5) is 11.4 Å². The Bertz CT molecular complexity index is 1390. The second-order valence-electron chi connectivity index (χ2n) is 7.74. The molecule has 0 aliphatic carbocycles. The summed E-state index contributed by atoms with van der Waals surface area (Å²) in [5.41, 5.74) is 1.75. The van der Waals surface area contributed by atoms with Crippen LogP contribution in [-0.2, 0) is 0 Å². The average Bonchev–Trinajstić information content (AvgIpc) is 3.35. The minimum Gasteiger partial charge on any atom is -0.371 e. The van der Waals surface area contributed by atoms with Gasteiger partial charge in [-0.05, 0) is 43.2 Å². The largest absolute Gasteiger partial charge is 0.371 e. The van der Waals surface area contributed by atoms with Crippen LogP contribution in [0.15, 0.2) is 71.5 Å². The van der Waals surface area contributed by atoms with Gasteiger partial charge in [0, 0.05) is 40.8 Å². The van der Waals surface area contributed by atoms with Crippen LogP contribution in [0.3, 0.4) is 0 Å². The smallest absolute Gasteiger partial charge is 0.295 e. The molecule has 4 aromatic rings. The van der Waals surface area contributed by atoms with Crippen LogP contribution in [0, 0.1) is 10.1 Å². The van der Waals surface area contributed by atoms with E-state index in [9.17, 15) is 14.9 Å². The van der Waals surface area contributed by atoms with Crippen LogP contribution >= 0.6 is 11.6 Å². The van der Waals surface area contributed by atoms with Gasteiger partial charge in [-0.3, -0.25) is 14.9 Å². The lowest BCUT2D eigenvalue weighted by atomic mass is 10.0. The molecule has 0 bridgehead atoms. The molecule has 8 heteroatoms. The molecular weight excluding hydrogens is 428 g/mol. The molecule has 2 heterocycles. The summed E-state index contributed by atoms with van der Waals surface area (Å²) >= 11 is 6.05. The number of nitro groups is 1. The minimum atomic E-state index is -0.478. The van der Waals surface area contributed by atoms with Crippen molar-refractivity contribution < 1.29 is 4.92 Å². The van der Waals surface area contributed by atoms with Gasteiger partial charge >= 0.3 is 0 Å². The molecule has 0 unspecified atom stereocenters. The van der Waals surface area contributed by atoms with Crippen molar-refractivity contribution in [1.82, 2.24) is 9.78 Å². The number of nitro benzene ring substituents is 1. The molecule has 32 heavy (non-hydrogen) atoms. The Balaban J connectivity index is 1.80. The third-order valence-electron chi connectivity index (χ3n) is 5.78. The highest BCUT2D eigenvalue weighted by Gasteiger charge is 2.23. The van der Waals surface area contributed by atoms with Gasteiger partial charge < -0.3 is 4.90 Å². The summed E-state index contributed by atoms with van der Waals surface area (Å²) in [5.74, 6) is 0. The van der Waals surface area contributed by atoms with Gasteiger partial charge in [-0.25, -0.2) is 0 Å². The highest BCUT2D eigenvalue weighted by atomic mass is 35.5. The molecule has 0 spiro atoms. The van der Waals surface area contributed by atoms with Crippen molar-refractivity contribution in [1.29, 1.82) is 0 Å². The topological polar surface area (TPSA) is 81.3 Å². The number of nitrogens with zero attached hydrogens (tertiary/aromatic N) is 4. The second kappa shape index (κ2) is 8.09. The van der Waals surface area contributed by atoms with Crippen molar-refractivity contribution in [3.05, 3.63) is 92.2 Å². The van der Waals surface area contributed by atoms with Gasteiger partial charge in [-0.15, -0.1) is 0 Å². The van der Waals surface area contributed by atoms with Crippen molar-refractivity contribution in [2.45, 2.75) is 12.8 Å². The highest BCUT2D eigenvalue weighted by molar-refractivity contribution is 6.30. The summed E-state index contributed by atoms with van der Waals surface area (Å²) in [4.78, 5) is 26.9. The average molecular weight is 447 g/mol. The summed E-state index contributed by atoms with van der Waals surface area (Å²) in [5, 5.41) is 18.1. The molecular formula is C24H19ClN4O3. The van der Waals surface area contributed by atoms with Gasteiger partial charge in [-0.2, -0.15) is 9.78 Å². The Labute approximate surface area is 188 Å². The molecule has 5 rings (SSSR count). The van der Waals surface area contributed by atoms with Crippen LogP contribution < -0.4 is 10.5 Å². The SMILES string of the molecule is O=c1c2ccccc2c(-c2ccc(Cl)cc2)nn1-c1cc(N2CCCC2)ccc1[N+](=O)[O-]. The fourth-order valence-electron chi connectivity index (χ4n) is 4.18. The van der Waals surface area contributed by atoms with Gasteiger partial charge in [0.15, 0.2) is 0 Å². The zero-order chi connectivity index (χ0) is 22.2. The number of halogens is 1. The standard InChI is InChI=1S/C24H19ClN4O3/c25-17-9-7-16(8-10-17)23-19-5-1-2-6-20(19)24(30)28(26-23)22-15-18(27-13-3-4-14-27)11-12-21(22)29(31)32/h1-2,5-12,15H,3-4,13-14H2. The maximum absolute atomic E-state index is 13.4. The number of anilines is 1. The van der Waals surface area contributed by atoms with E-state index in [0.29, 0.717) is 21.5 Å². The Morgan fingerprint density at radius 2 is 1.62 bits per heavy atom. The maximum atomic E-state index is 13.4. The Morgan fingerprint density at radius 1 is 0.938 bits per heavy atom. The van der Waals surface area contributed by atoms with E-state index in [-0.39, 0.29) is 11.4 Å². The second-order valence-corrected chi connectivity index (χ2v) is 8.18. The van der Waals surface area contributed by atoms with Crippen molar-refractivity contribution in [3.63, 3.8) is 0 Å². The summed E-state index contributed by atoms with van der Waals surface area (Å²) in [6, 6.07) is 19.2. The van der Waals surface area contributed by atoms with Crippen LogP contribution in [0.25, 0.3) is 27.7 Å². The molecule has 3 aromatic carbocycles. The van der Waals surface area contributed by atoms with E-state index in [1.807, 2.05) is 24.3 Å². The van der Waals surface area contributed by atoms with E-state index in [0.717, 1.165) is 41.9 Å². The predicted molar refractivity (Wildman–Crippen MR) is 126 cm³/mol. The molecule has 0 N–H and O–H groups in total. The van der Waals surface area contributed by atoms with Crippen molar-refractivity contribution >= 4 is 33.7 Å². The van der Waals surface area contributed by atoms with Gasteiger partial charge in [0.1, 0.15) is 5.69 Å². The van der Waals surface area contributed by atoms with Crippen LogP contribution in [0.2, 0.25) is 5.02 Å². The Morgan fingerprint density at radius 3 is 2.31 bits per heavy atom. The third-order valence-corrected chi connectivity index (χ3v) is 6.03. The molecule has 0 amide bonds. The van der Waals surface area contributed by atoms with Crippen molar-refractivity contribution in [2.24, 2.45) is 0 Å². The summed E-state index contributed by atoms with van der Waals surface area (Å²) in [6.07, 6.45) is 2.14. The molecule has 1 aliphatic heterocycles. The molecule has 1 aromatic heterocycles. The van der Waals surface area contributed by atoms with Gasteiger partial charge in [0.2, 0.25) is 0 Å². The lowest BCUT2D eigenvalue weighted by Crippen LogP contribution is -2.24. The number of rotatable bonds is 4. The van der Waals surface area contributed by atoms with Crippen LogP contribution in [0.1, 0.15) is 12.8 Å². The van der Waals surface area contributed by atoms with E-state index in [1.54, 1.807) is 36.4 Å². The molecule has 0 atom stereocenters. The zero-order valence-corrected chi connectivity index (χ0v) is 17.8. The normalized spacial score (nSPS) is 13.6. The number of hydrogen-bond acceptors (Lipinski definition) is 5. The summed E-state index contributed by atoms with van der Waals surface area (Å²) < 4.78 is 1.16. The molecule has 160 valence electrons. The van der Waals surface area contributed by atoms with Crippen molar-refractivity contribution in [3.8, 4) is 16.9 Å². The zero-order valence-electron chi connectivity index (χ0n) is 17.1. The van der Waals surface area contributed by atoms with Gasteiger partial charge in [-0.1, -0.05) is 41.9 Å². The Kier molecular flexibility index (Phi) is 5.11. The first-order chi connectivity index (χ1) is 15.5. The highest BCUT2D eigenvalue weighted by Crippen LogP contribution is 2.31. The number of hydrogen-bond donors (Lipinski definition) is 0. The predicted octanol–water partition coefficient (Wildman–Crippen LogP) is 5.21. The maximum Gasteiger partial charge on any atom is 0.295 e. The van der Waals surface area contributed by atoms with E-state index in [4.69, 9.17) is 11.6 Å². The third kappa shape index (κ3) is 3.50. The monoisotopic (exact) mass is 446 g/mol. The Hall–Kier alpha value is -3.71. The van der Waals surface area contributed by atoms with Gasteiger partial charge in [0.25, 0.3) is 11.2 Å². The van der Waals surface area contributed by atoms with E-state index < -0.39 is 10.5 Å². The van der Waals surface area contributed by atoms with E-state index in [1.165, 1.54) is 6.07 Å². The molecule has 0 radical (unpaired) electrons. The van der Waals surface area contributed by atoms with Crippen LogP contribution in [0.5, 0.6) is 0 Å². The molecule has 0 saturated carbocycles. The first kappa shape index (κ1) is 20.2. The van der Waals surface area contributed by atoms with E-state index >= 15 is 0 Å². The molecule has 1 aliphatic rings. The quantitative estimate of drug-likeness (QED) is 0.317. The lowest BCUT2D eigenvalue weighted by molar-refractivity contribution is -0.384. The molecule has 7 nitrogen and oxygen atoms in total. The molecule has 1 fully saturated rings.